The normalized spacial score (nSPS) is 11.6. The number of hydroxylamine groups is 1. The van der Waals surface area contributed by atoms with Crippen LogP contribution >= 0.6 is 0 Å². The van der Waals surface area contributed by atoms with Crippen molar-refractivity contribution in [3.05, 3.63) is 96.4 Å². The molecule has 0 aromatic heterocycles. The van der Waals surface area contributed by atoms with Crippen molar-refractivity contribution in [3.63, 3.8) is 0 Å². The first-order valence-electron chi connectivity index (χ1n) is 6.25. The molecule has 2 aromatic rings. The lowest BCUT2D eigenvalue weighted by Gasteiger charge is -1.99. The number of allylic oxidation sites excluding steroid dienone is 2. The largest absolute Gasteiger partial charge is 0.391 e. The Morgan fingerprint density at radius 1 is 0.800 bits per heavy atom. The molecular formula is C17H15NO2. The van der Waals surface area contributed by atoms with Gasteiger partial charge in [-0.3, -0.25) is 4.79 Å². The maximum absolute atomic E-state index is 11.8. The van der Waals surface area contributed by atoms with Crippen molar-refractivity contribution in [2.75, 3.05) is 0 Å². The minimum absolute atomic E-state index is 0.0752. The quantitative estimate of drug-likeness (QED) is 0.845. The van der Waals surface area contributed by atoms with Crippen molar-refractivity contribution in [1.82, 2.24) is 5.48 Å². The van der Waals surface area contributed by atoms with E-state index in [0.717, 1.165) is 11.1 Å². The predicted molar refractivity (Wildman–Crippen MR) is 78.8 cm³/mol. The SMILES string of the molecule is C1=CNOC=C1.O=C(c1ccccc1)c1ccccc1. The zero-order valence-corrected chi connectivity index (χ0v) is 10.9. The highest BCUT2D eigenvalue weighted by molar-refractivity contribution is 6.08. The van der Waals surface area contributed by atoms with Crippen molar-refractivity contribution in [2.45, 2.75) is 0 Å². The van der Waals surface area contributed by atoms with E-state index in [1.807, 2.05) is 66.7 Å². The Hall–Kier alpha value is -2.81. The minimum atomic E-state index is 0.0752. The van der Waals surface area contributed by atoms with Crippen LogP contribution < -0.4 is 5.48 Å². The summed E-state index contributed by atoms with van der Waals surface area (Å²) in [5.41, 5.74) is 3.99. The Bertz CT molecular complexity index is 535. The molecular weight excluding hydrogens is 250 g/mol. The average Bonchev–Trinajstić information content (AvgIpc) is 2.58. The van der Waals surface area contributed by atoms with E-state index in [4.69, 9.17) is 0 Å². The predicted octanol–water partition coefficient (Wildman–Crippen LogP) is 3.47. The van der Waals surface area contributed by atoms with Crippen LogP contribution in [0.4, 0.5) is 0 Å². The van der Waals surface area contributed by atoms with Crippen LogP contribution in [0.1, 0.15) is 15.9 Å². The molecule has 0 unspecified atom stereocenters. The van der Waals surface area contributed by atoms with E-state index >= 15 is 0 Å². The van der Waals surface area contributed by atoms with Gasteiger partial charge in [-0.2, -0.15) is 0 Å². The number of nitrogens with one attached hydrogen (secondary N) is 1. The van der Waals surface area contributed by atoms with E-state index in [2.05, 4.69) is 10.3 Å². The van der Waals surface area contributed by atoms with Gasteiger partial charge in [-0.25, -0.2) is 5.48 Å². The fraction of sp³-hybridized carbons (Fsp3) is 0. The first kappa shape index (κ1) is 13.6. The van der Waals surface area contributed by atoms with Crippen LogP contribution in [-0.4, -0.2) is 5.78 Å². The van der Waals surface area contributed by atoms with Gasteiger partial charge in [-0.05, 0) is 12.2 Å². The number of benzene rings is 2. The molecule has 100 valence electrons. The summed E-state index contributed by atoms with van der Waals surface area (Å²) in [6.45, 7) is 0. The summed E-state index contributed by atoms with van der Waals surface area (Å²) >= 11 is 0. The molecule has 3 heteroatoms. The van der Waals surface area contributed by atoms with Crippen LogP contribution in [0.5, 0.6) is 0 Å². The summed E-state index contributed by atoms with van der Waals surface area (Å²) in [6.07, 6.45) is 6.93. The monoisotopic (exact) mass is 265 g/mol. The fourth-order valence-electron chi connectivity index (χ4n) is 1.60. The van der Waals surface area contributed by atoms with Crippen LogP contribution in [0, 0.1) is 0 Å². The summed E-state index contributed by atoms with van der Waals surface area (Å²) < 4.78 is 0. The van der Waals surface area contributed by atoms with Gasteiger partial charge in [-0.1, -0.05) is 60.7 Å². The number of ketones is 1. The molecule has 0 saturated carbocycles. The highest BCUT2D eigenvalue weighted by Gasteiger charge is 2.06. The molecule has 20 heavy (non-hydrogen) atoms. The molecule has 0 spiro atoms. The van der Waals surface area contributed by atoms with Crippen LogP contribution in [0.25, 0.3) is 0 Å². The summed E-state index contributed by atoms with van der Waals surface area (Å²) in [4.78, 5) is 16.4. The second-order valence-electron chi connectivity index (χ2n) is 3.98. The molecule has 0 amide bonds. The van der Waals surface area contributed by atoms with Gasteiger partial charge in [0.15, 0.2) is 5.78 Å². The lowest BCUT2D eigenvalue weighted by molar-refractivity contribution is 0.103. The molecule has 0 saturated heterocycles. The Morgan fingerprint density at radius 2 is 1.35 bits per heavy atom. The van der Waals surface area contributed by atoms with Gasteiger partial charge in [-0.15, -0.1) is 0 Å². The molecule has 0 aliphatic carbocycles. The zero-order chi connectivity index (χ0) is 14.0. The molecule has 0 atom stereocenters. The number of rotatable bonds is 2. The smallest absolute Gasteiger partial charge is 0.193 e. The summed E-state index contributed by atoms with van der Waals surface area (Å²) in [7, 11) is 0. The Morgan fingerprint density at radius 3 is 1.65 bits per heavy atom. The van der Waals surface area contributed by atoms with Crippen molar-refractivity contribution in [3.8, 4) is 0 Å². The molecule has 1 aliphatic rings. The summed E-state index contributed by atoms with van der Waals surface area (Å²) in [5.74, 6) is 0.0752. The van der Waals surface area contributed by atoms with Gasteiger partial charge in [0.1, 0.15) is 6.26 Å². The van der Waals surface area contributed by atoms with Crippen LogP contribution in [0.2, 0.25) is 0 Å². The van der Waals surface area contributed by atoms with Crippen LogP contribution in [-0.2, 0) is 4.84 Å². The Balaban J connectivity index is 0.000000205. The lowest BCUT2D eigenvalue weighted by atomic mass is 10.0. The second kappa shape index (κ2) is 7.59. The molecule has 1 N–H and O–H groups in total. The Labute approximate surface area is 118 Å². The fourth-order valence-corrected chi connectivity index (χ4v) is 1.60. The third kappa shape index (κ3) is 4.14. The average molecular weight is 265 g/mol. The van der Waals surface area contributed by atoms with Gasteiger partial charge < -0.3 is 4.84 Å². The third-order valence-corrected chi connectivity index (χ3v) is 2.56. The van der Waals surface area contributed by atoms with E-state index in [-0.39, 0.29) is 5.78 Å². The van der Waals surface area contributed by atoms with Crippen molar-refractivity contribution < 1.29 is 9.63 Å². The third-order valence-electron chi connectivity index (χ3n) is 2.56. The maximum Gasteiger partial charge on any atom is 0.193 e. The molecule has 3 rings (SSSR count). The topological polar surface area (TPSA) is 38.3 Å². The first-order valence-corrected chi connectivity index (χ1v) is 6.25. The second-order valence-corrected chi connectivity index (χ2v) is 3.98. The van der Waals surface area contributed by atoms with Gasteiger partial charge in [0.25, 0.3) is 0 Å². The van der Waals surface area contributed by atoms with Crippen molar-refractivity contribution in [1.29, 1.82) is 0 Å². The van der Waals surface area contributed by atoms with Crippen LogP contribution in [0.3, 0.4) is 0 Å². The summed E-state index contributed by atoms with van der Waals surface area (Å²) in [5, 5.41) is 0. The number of hydrogen-bond acceptors (Lipinski definition) is 3. The highest BCUT2D eigenvalue weighted by Crippen LogP contribution is 2.08. The zero-order valence-electron chi connectivity index (χ0n) is 10.9. The molecule has 0 bridgehead atoms. The molecule has 2 aromatic carbocycles. The number of hydrogen-bond donors (Lipinski definition) is 1. The minimum Gasteiger partial charge on any atom is -0.391 e. The molecule has 1 aliphatic heterocycles. The number of carbonyl (C=O) groups is 1. The van der Waals surface area contributed by atoms with Crippen molar-refractivity contribution in [2.24, 2.45) is 0 Å². The summed E-state index contributed by atoms with van der Waals surface area (Å²) in [6, 6.07) is 18.6. The number of carbonyl (C=O) groups excluding carboxylic acids is 1. The van der Waals surface area contributed by atoms with E-state index in [1.54, 1.807) is 18.5 Å². The van der Waals surface area contributed by atoms with E-state index in [9.17, 15) is 4.79 Å². The molecule has 0 fully saturated rings. The first-order chi connectivity index (χ1) is 9.88. The lowest BCUT2D eigenvalue weighted by Crippen LogP contribution is -2.01. The standard InChI is InChI=1S/C13H10O.C4H5NO/c14-13(11-7-3-1-4-8-11)12-9-5-2-6-10-12;1-2-4-6-5-3-1/h1-10H;1-5H. The Kier molecular flexibility index (Phi) is 5.17. The van der Waals surface area contributed by atoms with Gasteiger partial charge in [0.05, 0.1) is 0 Å². The van der Waals surface area contributed by atoms with E-state index < -0.39 is 0 Å². The van der Waals surface area contributed by atoms with E-state index in [1.165, 1.54) is 0 Å². The maximum atomic E-state index is 11.8. The van der Waals surface area contributed by atoms with Gasteiger partial charge in [0, 0.05) is 17.3 Å². The molecule has 1 heterocycles. The van der Waals surface area contributed by atoms with Gasteiger partial charge in [0.2, 0.25) is 0 Å². The highest BCUT2D eigenvalue weighted by atomic mass is 16.6. The van der Waals surface area contributed by atoms with Crippen molar-refractivity contribution >= 4 is 5.78 Å². The molecule has 0 radical (unpaired) electrons. The molecule has 3 nitrogen and oxygen atoms in total. The van der Waals surface area contributed by atoms with Crippen LogP contribution in [0.15, 0.2) is 85.3 Å². The van der Waals surface area contributed by atoms with E-state index in [0.29, 0.717) is 0 Å². The van der Waals surface area contributed by atoms with Gasteiger partial charge >= 0.3 is 0 Å².